The molecule has 6 N–H and O–H groups in total. The number of aryl methyl sites for hydroxylation is 2. The standard InChI is InChI=1S/C17H20N4O6.C5H10O2/c1-7-3-9-10(4-8(7)2)21(5-11(23)14(25)12(24)6-22)15-13(18-9)16(26)20-17(27)19-15;1-2-3-4-5(6)7/h3-4,11-12,14,22-25H,5-6H2,1-2H3,(H,20,26,27);2-4H2,1H3,(H,6,7)/t11-,12+,14-;/m0./s1. The molecule has 2 aliphatic rings. The molecule has 0 radical (unpaired) electrons. The van der Waals surface area contributed by atoms with E-state index in [2.05, 4.69) is 15.0 Å². The van der Waals surface area contributed by atoms with Gasteiger partial charge in [-0.15, -0.1) is 0 Å². The molecule has 0 bridgehead atoms. The summed E-state index contributed by atoms with van der Waals surface area (Å²) in [6.45, 7) is 4.70. The van der Waals surface area contributed by atoms with E-state index in [0.717, 1.165) is 24.0 Å². The number of fused-ring (bicyclic) bond motifs is 2. The number of aromatic amines is 1. The Kier molecular flexibility index (Phi) is 9.38. The molecule has 0 spiro atoms. The summed E-state index contributed by atoms with van der Waals surface area (Å²) < 4.78 is 1.40. The fraction of sp³-hybridized carbons (Fsp3) is 0.500. The lowest BCUT2D eigenvalue weighted by Gasteiger charge is -2.25. The number of hydrogen-bond donors (Lipinski definition) is 6. The molecule has 3 atom stereocenters. The highest BCUT2D eigenvalue weighted by atomic mass is 16.4. The first kappa shape index (κ1) is 27.1. The van der Waals surface area contributed by atoms with Crippen molar-refractivity contribution < 1.29 is 30.3 Å². The van der Waals surface area contributed by atoms with E-state index in [1.165, 1.54) is 4.57 Å². The molecule has 1 aromatic carbocycles. The smallest absolute Gasteiger partial charge is 0.349 e. The lowest BCUT2D eigenvalue weighted by molar-refractivity contribution is -0.137. The molecule has 0 fully saturated rings. The molecule has 1 aromatic rings. The van der Waals surface area contributed by atoms with Crippen LogP contribution in [0.25, 0.3) is 22.6 Å². The number of H-pyrrole nitrogens is 1. The molecule has 0 saturated heterocycles. The van der Waals surface area contributed by atoms with Gasteiger partial charge in [-0.05, 0) is 43.5 Å². The normalized spacial score (nSPS) is 13.9. The molecule has 0 unspecified atom stereocenters. The van der Waals surface area contributed by atoms with E-state index in [0.29, 0.717) is 17.5 Å². The monoisotopic (exact) mass is 478 g/mol. The van der Waals surface area contributed by atoms with Gasteiger partial charge in [0, 0.05) is 6.42 Å². The van der Waals surface area contributed by atoms with E-state index in [-0.39, 0.29) is 18.1 Å². The Morgan fingerprint density at radius 1 is 1.09 bits per heavy atom. The van der Waals surface area contributed by atoms with Crippen molar-refractivity contribution in [2.75, 3.05) is 6.61 Å². The molecule has 3 rings (SSSR count). The summed E-state index contributed by atoms with van der Waals surface area (Å²) in [5.74, 6) is -0.744. The van der Waals surface area contributed by atoms with E-state index in [9.17, 15) is 29.7 Å². The van der Waals surface area contributed by atoms with Crippen LogP contribution in [0, 0.1) is 13.8 Å². The van der Waals surface area contributed by atoms with Crippen molar-refractivity contribution in [3.63, 3.8) is 0 Å². The van der Waals surface area contributed by atoms with E-state index in [1.54, 1.807) is 12.1 Å². The van der Waals surface area contributed by atoms with E-state index >= 15 is 0 Å². The van der Waals surface area contributed by atoms with Crippen LogP contribution in [-0.4, -0.2) is 75.9 Å². The van der Waals surface area contributed by atoms with Crippen LogP contribution in [0.4, 0.5) is 0 Å². The second kappa shape index (κ2) is 11.8. The zero-order chi connectivity index (χ0) is 25.6. The van der Waals surface area contributed by atoms with Crippen LogP contribution in [0.2, 0.25) is 0 Å². The summed E-state index contributed by atoms with van der Waals surface area (Å²) in [4.78, 5) is 43.8. The zero-order valence-electron chi connectivity index (χ0n) is 19.2. The van der Waals surface area contributed by atoms with Crippen LogP contribution in [0.5, 0.6) is 0 Å². The molecular weight excluding hydrogens is 448 g/mol. The molecule has 0 amide bonds. The molecule has 186 valence electrons. The van der Waals surface area contributed by atoms with Crippen molar-refractivity contribution in [1.29, 1.82) is 0 Å². The average Bonchev–Trinajstić information content (AvgIpc) is 2.78. The first-order valence-electron chi connectivity index (χ1n) is 10.8. The van der Waals surface area contributed by atoms with E-state index in [1.807, 2.05) is 20.8 Å². The third-order valence-electron chi connectivity index (χ3n) is 5.31. The van der Waals surface area contributed by atoms with Gasteiger partial charge in [0.15, 0.2) is 11.5 Å². The van der Waals surface area contributed by atoms with Crippen LogP contribution in [0.1, 0.15) is 37.3 Å². The van der Waals surface area contributed by atoms with Crippen LogP contribution in [0.15, 0.2) is 21.7 Å². The topological polar surface area (TPSA) is 199 Å². The minimum absolute atomic E-state index is 0.0516. The number of aromatic nitrogens is 4. The number of aliphatic carboxylic acids is 1. The Labute approximate surface area is 194 Å². The lowest BCUT2D eigenvalue weighted by atomic mass is 10.1. The number of carboxylic acids is 1. The molecule has 0 aromatic heterocycles. The summed E-state index contributed by atoms with van der Waals surface area (Å²) in [6.07, 6.45) is -2.60. The second-order valence-corrected chi connectivity index (χ2v) is 8.00. The average molecular weight is 479 g/mol. The number of aliphatic hydroxyl groups excluding tert-OH is 4. The third kappa shape index (κ3) is 6.44. The number of aliphatic hydroxyl groups is 4. The highest BCUT2D eigenvalue weighted by Gasteiger charge is 2.27. The SMILES string of the molecule is CCCCC(=O)O.Cc1cc2nc3c(=O)[nH]c(=O)nc-3n(C[C@H](O)[C@H](O)[C@H](O)CO)c2cc1C. The van der Waals surface area contributed by atoms with Crippen LogP contribution >= 0.6 is 0 Å². The van der Waals surface area contributed by atoms with Crippen molar-refractivity contribution in [2.45, 2.75) is 64.9 Å². The van der Waals surface area contributed by atoms with Crippen LogP contribution < -0.4 is 11.2 Å². The Bertz CT molecular complexity index is 1220. The van der Waals surface area contributed by atoms with Gasteiger partial charge in [0.05, 0.1) is 24.2 Å². The molecule has 2 aliphatic heterocycles. The lowest BCUT2D eigenvalue weighted by Crippen LogP contribution is -2.42. The van der Waals surface area contributed by atoms with Crippen molar-refractivity contribution in [2.24, 2.45) is 0 Å². The molecule has 34 heavy (non-hydrogen) atoms. The van der Waals surface area contributed by atoms with Crippen molar-refractivity contribution in [3.05, 3.63) is 44.1 Å². The number of rotatable bonds is 8. The third-order valence-corrected chi connectivity index (χ3v) is 5.31. The van der Waals surface area contributed by atoms with Gasteiger partial charge < -0.3 is 30.1 Å². The van der Waals surface area contributed by atoms with Gasteiger partial charge in [-0.25, -0.2) is 9.78 Å². The predicted octanol–water partition coefficient (Wildman–Crippen LogP) is -0.462. The van der Waals surface area contributed by atoms with Crippen LogP contribution in [-0.2, 0) is 11.3 Å². The number of unbranched alkanes of at least 4 members (excludes halogenated alkanes) is 1. The molecular formula is C22H30N4O8. The molecule has 12 nitrogen and oxygen atoms in total. The van der Waals surface area contributed by atoms with Crippen LogP contribution in [0.3, 0.4) is 0 Å². The van der Waals surface area contributed by atoms with Crippen molar-refractivity contribution >= 4 is 17.0 Å². The van der Waals surface area contributed by atoms with Gasteiger partial charge in [-0.1, -0.05) is 13.3 Å². The van der Waals surface area contributed by atoms with Gasteiger partial charge in [0.2, 0.25) is 0 Å². The number of nitrogens with zero attached hydrogens (tertiary/aromatic N) is 3. The van der Waals surface area contributed by atoms with E-state index < -0.39 is 42.1 Å². The predicted molar refractivity (Wildman–Crippen MR) is 123 cm³/mol. The van der Waals surface area contributed by atoms with E-state index in [4.69, 9.17) is 10.2 Å². The maximum atomic E-state index is 12.2. The maximum absolute atomic E-state index is 12.2. The second-order valence-electron chi connectivity index (χ2n) is 8.00. The summed E-state index contributed by atoms with van der Waals surface area (Å²) in [7, 11) is 0. The number of carboxylic acid groups (broad SMARTS) is 1. The largest absolute Gasteiger partial charge is 0.481 e. The maximum Gasteiger partial charge on any atom is 0.349 e. The number of hydrogen-bond acceptors (Lipinski definition) is 9. The Morgan fingerprint density at radius 3 is 2.29 bits per heavy atom. The highest BCUT2D eigenvalue weighted by Crippen LogP contribution is 2.24. The highest BCUT2D eigenvalue weighted by molar-refractivity contribution is 5.81. The fourth-order valence-electron chi connectivity index (χ4n) is 3.22. The van der Waals surface area contributed by atoms with Gasteiger partial charge in [-0.3, -0.25) is 14.6 Å². The number of carbonyl (C=O) groups is 1. The van der Waals surface area contributed by atoms with Gasteiger partial charge in [-0.2, -0.15) is 4.98 Å². The van der Waals surface area contributed by atoms with Gasteiger partial charge in [0.1, 0.15) is 18.3 Å². The summed E-state index contributed by atoms with van der Waals surface area (Å²) in [6, 6.07) is 3.53. The van der Waals surface area contributed by atoms with Crippen molar-refractivity contribution in [3.8, 4) is 11.5 Å². The summed E-state index contributed by atoms with van der Waals surface area (Å²) >= 11 is 0. The first-order chi connectivity index (χ1) is 16.0. The minimum atomic E-state index is -1.64. The summed E-state index contributed by atoms with van der Waals surface area (Å²) in [5.41, 5.74) is 1.11. The molecule has 12 heteroatoms. The Balaban J connectivity index is 0.000000509. The van der Waals surface area contributed by atoms with Gasteiger partial charge in [0.25, 0.3) is 5.56 Å². The Hall–Kier alpha value is -3.19. The molecule has 2 heterocycles. The zero-order valence-corrected chi connectivity index (χ0v) is 19.2. The molecule has 0 aliphatic carbocycles. The number of benzene rings is 1. The molecule has 0 saturated carbocycles. The summed E-state index contributed by atoms with van der Waals surface area (Å²) in [5, 5.41) is 46.8. The minimum Gasteiger partial charge on any atom is -0.481 e. The number of nitrogens with one attached hydrogen (secondary N) is 1. The quantitative estimate of drug-likeness (QED) is 0.230. The van der Waals surface area contributed by atoms with Crippen molar-refractivity contribution in [1.82, 2.24) is 19.5 Å². The first-order valence-corrected chi connectivity index (χ1v) is 10.8. The fourth-order valence-corrected chi connectivity index (χ4v) is 3.22. The van der Waals surface area contributed by atoms with Gasteiger partial charge >= 0.3 is 11.7 Å². The Morgan fingerprint density at radius 2 is 1.74 bits per heavy atom.